The van der Waals surface area contributed by atoms with Gasteiger partial charge in [-0.25, -0.2) is 4.79 Å². The molecule has 1 amide bonds. The number of aliphatic carboxylic acids is 1. The van der Waals surface area contributed by atoms with E-state index in [1.54, 1.807) is 4.90 Å². The highest BCUT2D eigenvalue weighted by Crippen LogP contribution is 2.43. The summed E-state index contributed by atoms with van der Waals surface area (Å²) in [5.74, 6) is -0.344. The number of carboxylic acid groups (broad SMARTS) is 1. The quantitative estimate of drug-likeness (QED) is 0.797. The van der Waals surface area contributed by atoms with E-state index in [0.717, 1.165) is 38.5 Å². The number of amides is 1. The Morgan fingerprint density at radius 3 is 2.58 bits per heavy atom. The fourth-order valence-electron chi connectivity index (χ4n) is 4.09. The largest absolute Gasteiger partial charge is 0.480 e. The Kier molecular flexibility index (Phi) is 3.04. The van der Waals surface area contributed by atoms with Crippen LogP contribution in [0.4, 0.5) is 0 Å². The molecule has 3 aliphatic rings. The highest BCUT2D eigenvalue weighted by molar-refractivity contribution is 5.85. The third-order valence-electron chi connectivity index (χ3n) is 5.32. The van der Waals surface area contributed by atoms with Crippen LogP contribution in [0.1, 0.15) is 44.9 Å². The molecule has 3 N–H and O–H groups in total. The molecular formula is C14H22N2O3. The van der Waals surface area contributed by atoms with Crippen molar-refractivity contribution in [1.82, 2.24) is 4.90 Å². The Balaban J connectivity index is 1.72. The number of nitrogens with zero attached hydrogens (tertiary/aromatic N) is 1. The van der Waals surface area contributed by atoms with Crippen molar-refractivity contribution < 1.29 is 14.7 Å². The SMILES string of the molecule is NC1(CC(=O)N2CC3CCCC3C2C(=O)O)CCC1. The van der Waals surface area contributed by atoms with Crippen LogP contribution in [0.25, 0.3) is 0 Å². The van der Waals surface area contributed by atoms with Gasteiger partial charge in [0.1, 0.15) is 6.04 Å². The Bertz CT molecular complexity index is 405. The molecule has 0 bridgehead atoms. The van der Waals surface area contributed by atoms with Gasteiger partial charge in [0.2, 0.25) is 5.91 Å². The molecular weight excluding hydrogens is 244 g/mol. The maximum atomic E-state index is 12.4. The second-order valence-corrected chi connectivity index (χ2v) is 6.58. The van der Waals surface area contributed by atoms with E-state index < -0.39 is 12.0 Å². The summed E-state index contributed by atoms with van der Waals surface area (Å²) in [6.07, 6.45) is 6.27. The molecule has 0 aromatic heterocycles. The summed E-state index contributed by atoms with van der Waals surface area (Å²) >= 11 is 0. The minimum absolute atomic E-state index is 0.0519. The second-order valence-electron chi connectivity index (χ2n) is 6.58. The maximum absolute atomic E-state index is 12.4. The number of carboxylic acids is 1. The monoisotopic (exact) mass is 266 g/mol. The summed E-state index contributed by atoms with van der Waals surface area (Å²) in [5.41, 5.74) is 5.75. The lowest BCUT2D eigenvalue weighted by molar-refractivity contribution is -0.150. The fourth-order valence-corrected chi connectivity index (χ4v) is 4.09. The first-order valence-corrected chi connectivity index (χ1v) is 7.31. The van der Waals surface area contributed by atoms with Crippen LogP contribution in [-0.2, 0) is 9.59 Å². The summed E-state index contributed by atoms with van der Waals surface area (Å²) in [5, 5.41) is 9.42. The predicted octanol–water partition coefficient (Wildman–Crippen LogP) is 0.970. The third-order valence-corrected chi connectivity index (χ3v) is 5.32. The van der Waals surface area contributed by atoms with E-state index in [-0.39, 0.29) is 17.4 Å². The number of carbonyl (C=O) groups is 2. The van der Waals surface area contributed by atoms with Crippen molar-refractivity contribution >= 4 is 11.9 Å². The molecule has 1 saturated heterocycles. The minimum Gasteiger partial charge on any atom is -0.480 e. The molecule has 1 heterocycles. The first kappa shape index (κ1) is 12.9. The summed E-state index contributed by atoms with van der Waals surface area (Å²) in [4.78, 5) is 25.5. The number of hydrogen-bond donors (Lipinski definition) is 2. The van der Waals surface area contributed by atoms with Gasteiger partial charge in [0.25, 0.3) is 0 Å². The predicted molar refractivity (Wildman–Crippen MR) is 69.4 cm³/mol. The van der Waals surface area contributed by atoms with Gasteiger partial charge in [0.15, 0.2) is 0 Å². The summed E-state index contributed by atoms with van der Waals surface area (Å²) in [6.45, 7) is 0.622. The van der Waals surface area contributed by atoms with E-state index in [1.165, 1.54) is 0 Å². The third kappa shape index (κ3) is 2.14. The molecule has 3 rings (SSSR count). The first-order valence-electron chi connectivity index (χ1n) is 7.31. The van der Waals surface area contributed by atoms with Gasteiger partial charge in [0, 0.05) is 18.5 Å². The van der Waals surface area contributed by atoms with Crippen molar-refractivity contribution in [3.05, 3.63) is 0 Å². The maximum Gasteiger partial charge on any atom is 0.326 e. The van der Waals surface area contributed by atoms with Gasteiger partial charge in [-0.3, -0.25) is 4.79 Å². The van der Waals surface area contributed by atoms with Gasteiger partial charge in [0.05, 0.1) is 0 Å². The smallest absolute Gasteiger partial charge is 0.326 e. The van der Waals surface area contributed by atoms with Crippen molar-refractivity contribution in [1.29, 1.82) is 0 Å². The number of nitrogens with two attached hydrogens (primary N) is 1. The van der Waals surface area contributed by atoms with Crippen molar-refractivity contribution in [3.63, 3.8) is 0 Å². The van der Waals surface area contributed by atoms with Crippen LogP contribution in [-0.4, -0.2) is 40.0 Å². The number of likely N-dealkylation sites (tertiary alicyclic amines) is 1. The van der Waals surface area contributed by atoms with E-state index >= 15 is 0 Å². The standard InChI is InChI=1S/C14H22N2O3/c15-14(5-2-6-14)7-11(17)16-8-9-3-1-4-10(9)12(16)13(18)19/h9-10,12H,1-8,15H2,(H,18,19). The Morgan fingerprint density at radius 2 is 2.00 bits per heavy atom. The molecule has 106 valence electrons. The van der Waals surface area contributed by atoms with Crippen LogP contribution in [0.15, 0.2) is 0 Å². The van der Waals surface area contributed by atoms with Crippen molar-refractivity contribution in [2.75, 3.05) is 6.54 Å². The van der Waals surface area contributed by atoms with E-state index in [4.69, 9.17) is 5.73 Å². The van der Waals surface area contributed by atoms with Gasteiger partial charge in [-0.05, 0) is 43.9 Å². The van der Waals surface area contributed by atoms with Gasteiger partial charge >= 0.3 is 5.97 Å². The zero-order valence-electron chi connectivity index (χ0n) is 11.2. The van der Waals surface area contributed by atoms with Crippen LogP contribution >= 0.6 is 0 Å². The molecule has 5 nitrogen and oxygen atoms in total. The van der Waals surface area contributed by atoms with Crippen LogP contribution < -0.4 is 5.73 Å². The molecule has 0 aromatic rings. The molecule has 0 aromatic carbocycles. The van der Waals surface area contributed by atoms with E-state index in [1.807, 2.05) is 0 Å². The number of rotatable bonds is 3. The van der Waals surface area contributed by atoms with Crippen LogP contribution in [0, 0.1) is 11.8 Å². The normalized spacial score (nSPS) is 35.8. The minimum atomic E-state index is -0.845. The van der Waals surface area contributed by atoms with Gasteiger partial charge in [-0.2, -0.15) is 0 Å². The van der Waals surface area contributed by atoms with E-state index in [0.29, 0.717) is 18.9 Å². The van der Waals surface area contributed by atoms with Gasteiger partial charge < -0.3 is 15.7 Å². The lowest BCUT2D eigenvalue weighted by Crippen LogP contribution is -2.52. The van der Waals surface area contributed by atoms with Crippen LogP contribution in [0.3, 0.4) is 0 Å². The first-order chi connectivity index (χ1) is 9.00. The van der Waals surface area contributed by atoms with Crippen molar-refractivity contribution in [2.45, 2.75) is 56.5 Å². The highest BCUT2D eigenvalue weighted by atomic mass is 16.4. The Labute approximate surface area is 113 Å². The zero-order chi connectivity index (χ0) is 13.6. The zero-order valence-corrected chi connectivity index (χ0v) is 11.2. The van der Waals surface area contributed by atoms with Crippen LogP contribution in [0.2, 0.25) is 0 Å². The average Bonchev–Trinajstić information content (AvgIpc) is 2.84. The molecule has 2 aliphatic carbocycles. The van der Waals surface area contributed by atoms with Crippen LogP contribution in [0.5, 0.6) is 0 Å². The summed E-state index contributed by atoms with van der Waals surface area (Å²) in [7, 11) is 0. The molecule has 0 radical (unpaired) electrons. The van der Waals surface area contributed by atoms with Crippen molar-refractivity contribution in [3.8, 4) is 0 Å². The molecule has 3 unspecified atom stereocenters. The van der Waals surface area contributed by atoms with Gasteiger partial charge in [-0.15, -0.1) is 0 Å². The average molecular weight is 266 g/mol. The Hall–Kier alpha value is -1.10. The Morgan fingerprint density at radius 1 is 1.26 bits per heavy atom. The topological polar surface area (TPSA) is 83.6 Å². The molecule has 0 spiro atoms. The van der Waals surface area contributed by atoms with Gasteiger partial charge in [-0.1, -0.05) is 6.42 Å². The van der Waals surface area contributed by atoms with Crippen molar-refractivity contribution in [2.24, 2.45) is 17.6 Å². The lowest BCUT2D eigenvalue weighted by Gasteiger charge is -2.39. The highest BCUT2D eigenvalue weighted by Gasteiger charge is 2.50. The number of carbonyl (C=O) groups excluding carboxylic acids is 1. The molecule has 3 atom stereocenters. The number of fused-ring (bicyclic) bond motifs is 1. The molecule has 3 fully saturated rings. The van der Waals surface area contributed by atoms with E-state index in [9.17, 15) is 14.7 Å². The fraction of sp³-hybridized carbons (Fsp3) is 0.857. The molecule has 1 aliphatic heterocycles. The lowest BCUT2D eigenvalue weighted by atomic mass is 9.75. The van der Waals surface area contributed by atoms with E-state index in [2.05, 4.69) is 0 Å². The molecule has 19 heavy (non-hydrogen) atoms. The summed E-state index contributed by atoms with van der Waals surface area (Å²) in [6, 6.07) is -0.608. The molecule has 5 heteroatoms. The number of hydrogen-bond acceptors (Lipinski definition) is 3. The molecule has 2 saturated carbocycles. The second kappa shape index (κ2) is 4.47. The summed E-state index contributed by atoms with van der Waals surface area (Å²) < 4.78 is 0.